The highest BCUT2D eigenvalue weighted by atomic mass is 16.5. The zero-order chi connectivity index (χ0) is 36.8. The average molecular weight is 707 g/mol. The summed E-state index contributed by atoms with van der Waals surface area (Å²) in [6, 6.07) is 21.4. The van der Waals surface area contributed by atoms with Crippen molar-refractivity contribution in [1.82, 2.24) is 31.2 Å². The van der Waals surface area contributed by atoms with Gasteiger partial charge in [0.1, 0.15) is 42.6 Å². The fraction of sp³-hybridized carbons (Fsp3) is 0.333. The van der Waals surface area contributed by atoms with E-state index in [1.54, 1.807) is 60.0 Å². The molecule has 1 spiro atoms. The Bertz CT molecular complexity index is 2040. The second kappa shape index (κ2) is 15.5. The Morgan fingerprint density at radius 2 is 1.60 bits per heavy atom. The molecular formula is C39H42N6O7. The molecule has 1 fully saturated rings. The van der Waals surface area contributed by atoms with Gasteiger partial charge < -0.3 is 35.9 Å². The Balaban J connectivity index is 1.24. The Hall–Kier alpha value is -5.98. The Kier molecular flexibility index (Phi) is 10.7. The lowest BCUT2D eigenvalue weighted by Crippen LogP contribution is -2.59. The Morgan fingerprint density at radius 1 is 0.885 bits per heavy atom. The number of para-hydroxylation sites is 1. The van der Waals surface area contributed by atoms with Crippen molar-refractivity contribution in [3.8, 4) is 5.75 Å². The molecule has 270 valence electrons. The van der Waals surface area contributed by atoms with Crippen LogP contribution in [-0.4, -0.2) is 70.9 Å². The standard InChI is InChI=1S/C39H42N6O7/c1-24-20-33(46)29-10-6-7-11-32(29)45(24)23-34(47)42-30-22-27-12-14-28(15-13-27)52-19-18-40-38(51)39(16-17-39)44-37(50)31(21-26-8-4-3-5-9-26)43-35(48)25(2)41-36(30)49/h3-15,20,25,30-31H,16-19,21-23H2,1-2H3,(H,40,51)(H,41,49)(H,42,47)(H,43,48)(H,44,50)/t25-,30-,31+/m0/s1. The minimum absolute atomic E-state index is 0.0905. The molecule has 3 heterocycles. The second-order valence-electron chi connectivity index (χ2n) is 13.4. The predicted molar refractivity (Wildman–Crippen MR) is 193 cm³/mol. The molecule has 3 aromatic carbocycles. The number of carbonyl (C=O) groups excluding carboxylic acids is 5. The summed E-state index contributed by atoms with van der Waals surface area (Å²) in [5.41, 5.74) is 1.45. The van der Waals surface area contributed by atoms with Gasteiger partial charge in [0.15, 0.2) is 5.43 Å². The lowest BCUT2D eigenvalue weighted by molar-refractivity contribution is -0.134. The molecular weight excluding hydrogens is 664 g/mol. The first-order chi connectivity index (χ1) is 25.0. The van der Waals surface area contributed by atoms with Crippen molar-refractivity contribution in [2.24, 2.45) is 0 Å². The van der Waals surface area contributed by atoms with Gasteiger partial charge in [0.2, 0.25) is 29.5 Å². The van der Waals surface area contributed by atoms with Crippen molar-refractivity contribution in [2.45, 2.75) is 69.7 Å². The van der Waals surface area contributed by atoms with Gasteiger partial charge in [0.05, 0.1) is 12.1 Å². The number of aryl methyl sites for hydroxylation is 1. The van der Waals surface area contributed by atoms with Crippen LogP contribution in [0.4, 0.5) is 0 Å². The van der Waals surface area contributed by atoms with Crippen molar-refractivity contribution in [3.05, 3.63) is 112 Å². The summed E-state index contributed by atoms with van der Waals surface area (Å²) in [6.45, 7) is 3.46. The van der Waals surface area contributed by atoms with Gasteiger partial charge in [0.25, 0.3) is 0 Å². The number of hydrogen-bond donors (Lipinski definition) is 5. The van der Waals surface area contributed by atoms with Gasteiger partial charge in [-0.05, 0) is 62.1 Å². The Labute approximate surface area is 300 Å². The van der Waals surface area contributed by atoms with E-state index in [-0.39, 0.29) is 43.9 Å². The summed E-state index contributed by atoms with van der Waals surface area (Å²) in [6.07, 6.45) is 1.15. The quantitative estimate of drug-likeness (QED) is 0.195. The van der Waals surface area contributed by atoms with Crippen molar-refractivity contribution >= 4 is 40.4 Å². The molecule has 1 aliphatic carbocycles. The maximum atomic E-state index is 13.8. The monoisotopic (exact) mass is 706 g/mol. The molecule has 1 aromatic heterocycles. The van der Waals surface area contributed by atoms with E-state index in [4.69, 9.17) is 4.74 Å². The molecule has 5 N–H and O–H groups in total. The largest absolute Gasteiger partial charge is 0.492 e. The summed E-state index contributed by atoms with van der Waals surface area (Å²) < 4.78 is 7.53. The van der Waals surface area contributed by atoms with Crippen molar-refractivity contribution in [3.63, 3.8) is 0 Å². The third-order valence-corrected chi connectivity index (χ3v) is 9.41. The molecule has 3 aliphatic rings. The zero-order valence-electron chi connectivity index (χ0n) is 29.1. The molecule has 3 atom stereocenters. The smallest absolute Gasteiger partial charge is 0.245 e. The number of fused-ring (bicyclic) bond motifs is 16. The number of hydrogen-bond acceptors (Lipinski definition) is 7. The van der Waals surface area contributed by atoms with Gasteiger partial charge in [-0.2, -0.15) is 0 Å². The van der Waals surface area contributed by atoms with Gasteiger partial charge in [0, 0.05) is 30.0 Å². The first-order valence-electron chi connectivity index (χ1n) is 17.4. The van der Waals surface area contributed by atoms with Gasteiger partial charge in [-0.1, -0.05) is 54.6 Å². The third-order valence-electron chi connectivity index (χ3n) is 9.41. The van der Waals surface area contributed by atoms with Crippen LogP contribution in [0.25, 0.3) is 10.9 Å². The van der Waals surface area contributed by atoms with Crippen LogP contribution in [0, 0.1) is 6.92 Å². The van der Waals surface area contributed by atoms with Crippen LogP contribution in [0.2, 0.25) is 0 Å². The molecule has 52 heavy (non-hydrogen) atoms. The second-order valence-corrected chi connectivity index (χ2v) is 13.4. The highest BCUT2D eigenvalue weighted by Gasteiger charge is 2.51. The lowest BCUT2D eigenvalue weighted by Gasteiger charge is -2.26. The summed E-state index contributed by atoms with van der Waals surface area (Å²) in [7, 11) is 0. The molecule has 4 aromatic rings. The fourth-order valence-corrected chi connectivity index (χ4v) is 6.31. The zero-order valence-corrected chi connectivity index (χ0v) is 29.1. The van der Waals surface area contributed by atoms with Crippen LogP contribution in [0.1, 0.15) is 36.6 Å². The van der Waals surface area contributed by atoms with Crippen LogP contribution in [-0.2, 0) is 43.4 Å². The highest BCUT2D eigenvalue weighted by Crippen LogP contribution is 2.35. The fourth-order valence-electron chi connectivity index (χ4n) is 6.31. The molecule has 0 unspecified atom stereocenters. The van der Waals surface area contributed by atoms with Crippen LogP contribution in [0.3, 0.4) is 0 Å². The van der Waals surface area contributed by atoms with Crippen LogP contribution in [0.15, 0.2) is 89.7 Å². The van der Waals surface area contributed by atoms with Gasteiger partial charge in [-0.25, -0.2) is 0 Å². The maximum Gasteiger partial charge on any atom is 0.245 e. The topological polar surface area (TPSA) is 177 Å². The van der Waals surface area contributed by atoms with Crippen LogP contribution >= 0.6 is 0 Å². The van der Waals surface area contributed by atoms with E-state index in [2.05, 4.69) is 26.6 Å². The summed E-state index contributed by atoms with van der Waals surface area (Å²) in [4.78, 5) is 80.3. The number of aromatic nitrogens is 1. The van der Waals surface area contributed by atoms with E-state index in [0.717, 1.165) is 5.56 Å². The first-order valence-corrected chi connectivity index (χ1v) is 17.4. The molecule has 0 saturated heterocycles. The van der Waals surface area contributed by atoms with E-state index in [1.165, 1.54) is 13.0 Å². The van der Waals surface area contributed by atoms with E-state index < -0.39 is 47.3 Å². The number of pyridine rings is 1. The number of nitrogens with zero attached hydrogens (tertiary/aromatic N) is 1. The number of amides is 5. The molecule has 13 heteroatoms. The number of rotatable bonds is 5. The number of nitrogens with one attached hydrogen (secondary N) is 5. The summed E-state index contributed by atoms with van der Waals surface area (Å²) in [5.74, 6) is -2.00. The van der Waals surface area contributed by atoms with Crippen LogP contribution < -0.4 is 36.7 Å². The maximum absolute atomic E-state index is 13.8. The molecule has 0 radical (unpaired) electrons. The van der Waals surface area contributed by atoms with Crippen molar-refractivity contribution in [1.29, 1.82) is 0 Å². The number of carbonyl (C=O) groups is 5. The minimum atomic E-state index is -1.09. The number of benzene rings is 3. The molecule has 7 rings (SSSR count). The summed E-state index contributed by atoms with van der Waals surface area (Å²) in [5, 5.41) is 14.5. The predicted octanol–water partition coefficient (Wildman–Crippen LogP) is 1.43. The normalized spacial score (nSPS) is 20.9. The van der Waals surface area contributed by atoms with E-state index >= 15 is 0 Å². The van der Waals surface area contributed by atoms with E-state index in [9.17, 15) is 28.8 Å². The van der Waals surface area contributed by atoms with E-state index in [0.29, 0.717) is 40.8 Å². The lowest BCUT2D eigenvalue weighted by atomic mass is 10.0. The first kappa shape index (κ1) is 35.8. The molecule has 13 nitrogen and oxygen atoms in total. The summed E-state index contributed by atoms with van der Waals surface area (Å²) >= 11 is 0. The van der Waals surface area contributed by atoms with Gasteiger partial charge in [-0.3, -0.25) is 28.8 Å². The molecule has 1 saturated carbocycles. The van der Waals surface area contributed by atoms with Gasteiger partial charge >= 0.3 is 0 Å². The average Bonchev–Trinajstić information content (AvgIpc) is 3.92. The molecule has 2 aliphatic heterocycles. The SMILES string of the molecule is Cc1cc(=O)c2ccccc2n1CC(=O)N[C@H]1Cc2ccc(cc2)OCCNC(=O)C2(CC2)NC(=O)[C@@H](Cc2ccccc2)NC(=O)[C@H](C)NC1=O. The minimum Gasteiger partial charge on any atom is -0.492 e. The van der Waals surface area contributed by atoms with Crippen LogP contribution in [0.5, 0.6) is 5.75 Å². The Morgan fingerprint density at radius 3 is 2.33 bits per heavy atom. The van der Waals surface area contributed by atoms with E-state index in [1.807, 2.05) is 30.3 Å². The highest BCUT2D eigenvalue weighted by molar-refractivity contribution is 5.98. The molecule has 2 bridgehead atoms. The number of ether oxygens (including phenoxy) is 1. The third kappa shape index (κ3) is 8.48. The van der Waals surface area contributed by atoms with Crippen molar-refractivity contribution in [2.75, 3.05) is 13.2 Å². The molecule has 5 amide bonds. The van der Waals surface area contributed by atoms with Crippen molar-refractivity contribution < 1.29 is 28.7 Å². The van der Waals surface area contributed by atoms with Gasteiger partial charge in [-0.15, -0.1) is 0 Å².